The van der Waals surface area contributed by atoms with Gasteiger partial charge >= 0.3 is 0 Å². The van der Waals surface area contributed by atoms with Crippen molar-refractivity contribution in [2.75, 3.05) is 10.6 Å². The minimum atomic E-state index is -1.33. The summed E-state index contributed by atoms with van der Waals surface area (Å²) in [5.41, 5.74) is 0.102. The molecule has 2 N–H and O–H groups in total. The van der Waals surface area contributed by atoms with Crippen molar-refractivity contribution in [1.82, 2.24) is 0 Å². The monoisotopic (exact) mass is 399 g/mol. The van der Waals surface area contributed by atoms with Gasteiger partial charge in [-0.15, -0.1) is 0 Å². The lowest BCUT2D eigenvalue weighted by Gasteiger charge is -2.23. The van der Waals surface area contributed by atoms with Gasteiger partial charge in [0.15, 0.2) is 0 Å². The molecule has 0 heterocycles. The average Bonchev–Trinajstić information content (AvgIpc) is 2.76. The van der Waals surface area contributed by atoms with Crippen molar-refractivity contribution < 1.29 is 14.3 Å². The second-order valence-corrected chi connectivity index (χ2v) is 7.17. The summed E-state index contributed by atoms with van der Waals surface area (Å²) in [5, 5.41) is 14.4. The lowest BCUT2D eigenvalue weighted by molar-refractivity contribution is -0.135. The van der Waals surface area contributed by atoms with Crippen LogP contribution in [0.25, 0.3) is 0 Å². The molecule has 0 unspecified atom stereocenters. The fourth-order valence-electron chi connectivity index (χ4n) is 2.58. The van der Waals surface area contributed by atoms with Crippen LogP contribution >= 0.6 is 0 Å². The lowest BCUT2D eigenvalue weighted by atomic mass is 9.90. The van der Waals surface area contributed by atoms with Crippen molar-refractivity contribution in [1.29, 1.82) is 5.26 Å². The van der Waals surface area contributed by atoms with Gasteiger partial charge in [0.1, 0.15) is 16.9 Å². The zero-order valence-electron chi connectivity index (χ0n) is 16.7. The van der Waals surface area contributed by atoms with Crippen LogP contribution in [-0.2, 0) is 9.59 Å². The second kappa shape index (κ2) is 8.93. The molecule has 0 spiro atoms. The lowest BCUT2D eigenvalue weighted by Crippen LogP contribution is -2.41. The summed E-state index contributed by atoms with van der Waals surface area (Å²) >= 11 is 0. The van der Waals surface area contributed by atoms with Gasteiger partial charge in [-0.1, -0.05) is 24.3 Å². The van der Waals surface area contributed by atoms with Crippen molar-refractivity contribution in [3.05, 3.63) is 84.4 Å². The number of nitrogens with zero attached hydrogens (tertiary/aromatic N) is 1. The van der Waals surface area contributed by atoms with E-state index in [1.165, 1.54) is 0 Å². The molecule has 3 aromatic rings. The van der Waals surface area contributed by atoms with Gasteiger partial charge in [0, 0.05) is 11.4 Å². The van der Waals surface area contributed by atoms with Crippen molar-refractivity contribution >= 4 is 23.2 Å². The van der Waals surface area contributed by atoms with Gasteiger partial charge in [-0.3, -0.25) is 9.59 Å². The van der Waals surface area contributed by atoms with Crippen molar-refractivity contribution in [2.24, 2.45) is 5.41 Å². The molecule has 0 atom stereocenters. The highest BCUT2D eigenvalue weighted by atomic mass is 16.5. The van der Waals surface area contributed by atoms with Crippen LogP contribution in [0.5, 0.6) is 11.5 Å². The van der Waals surface area contributed by atoms with E-state index < -0.39 is 17.2 Å². The molecule has 150 valence electrons. The first-order chi connectivity index (χ1) is 14.4. The molecule has 0 aliphatic rings. The number of amides is 2. The summed E-state index contributed by atoms with van der Waals surface area (Å²) < 4.78 is 5.73. The van der Waals surface area contributed by atoms with Crippen LogP contribution in [0, 0.1) is 16.7 Å². The molecule has 0 aliphatic heterocycles. The van der Waals surface area contributed by atoms with Gasteiger partial charge < -0.3 is 15.4 Å². The standard InChI is InChI=1S/C24H21N3O3/c1-24(2,23(29)27-19-8-6-7-17(15-19)16-25)22(28)26-18-11-13-21(14-12-18)30-20-9-4-3-5-10-20/h3-15H,1-2H3,(H,26,28)(H,27,29). The number of anilines is 2. The Kier molecular flexibility index (Phi) is 6.14. The molecule has 3 aromatic carbocycles. The molecule has 6 nitrogen and oxygen atoms in total. The Morgan fingerprint density at radius 2 is 1.40 bits per heavy atom. The van der Waals surface area contributed by atoms with Crippen LogP contribution in [0.1, 0.15) is 19.4 Å². The predicted molar refractivity (Wildman–Crippen MR) is 115 cm³/mol. The summed E-state index contributed by atoms with van der Waals surface area (Å²) in [4.78, 5) is 25.4. The number of benzene rings is 3. The normalized spacial score (nSPS) is 10.6. The van der Waals surface area contributed by atoms with Crippen LogP contribution in [0.15, 0.2) is 78.9 Å². The molecular formula is C24H21N3O3. The molecule has 0 saturated carbocycles. The van der Waals surface area contributed by atoms with Crippen LogP contribution in [0.2, 0.25) is 0 Å². The van der Waals surface area contributed by atoms with Crippen molar-refractivity contribution in [3.8, 4) is 17.6 Å². The Balaban J connectivity index is 1.63. The van der Waals surface area contributed by atoms with Crippen molar-refractivity contribution in [3.63, 3.8) is 0 Å². The van der Waals surface area contributed by atoms with Gasteiger partial charge in [0.25, 0.3) is 0 Å². The molecule has 0 fully saturated rings. The van der Waals surface area contributed by atoms with E-state index in [1.807, 2.05) is 36.4 Å². The molecule has 0 aromatic heterocycles. The number of hydrogen-bond acceptors (Lipinski definition) is 4. The summed E-state index contributed by atoms with van der Waals surface area (Å²) in [6.45, 7) is 3.08. The Bertz CT molecular complexity index is 1080. The molecule has 6 heteroatoms. The van der Waals surface area contributed by atoms with E-state index in [1.54, 1.807) is 62.4 Å². The third kappa shape index (κ3) is 5.03. The number of rotatable bonds is 6. The SMILES string of the molecule is CC(C)(C(=O)Nc1ccc(Oc2ccccc2)cc1)C(=O)Nc1cccc(C#N)c1. The zero-order valence-corrected chi connectivity index (χ0v) is 16.7. The number of carbonyl (C=O) groups excluding carboxylic acids is 2. The van der Waals surface area contributed by atoms with E-state index in [0.29, 0.717) is 28.4 Å². The largest absolute Gasteiger partial charge is 0.457 e. The Labute approximate surface area is 175 Å². The van der Waals surface area contributed by atoms with Gasteiger partial charge in [-0.25, -0.2) is 0 Å². The van der Waals surface area contributed by atoms with Gasteiger partial charge in [0.2, 0.25) is 11.8 Å². The van der Waals surface area contributed by atoms with Gasteiger partial charge in [-0.05, 0) is 68.4 Å². The van der Waals surface area contributed by atoms with E-state index >= 15 is 0 Å². The maximum absolute atomic E-state index is 12.7. The minimum Gasteiger partial charge on any atom is -0.457 e. The highest BCUT2D eigenvalue weighted by Crippen LogP contribution is 2.25. The summed E-state index contributed by atoms with van der Waals surface area (Å²) in [6, 6.07) is 24.8. The number of nitriles is 1. The number of ether oxygens (including phenoxy) is 1. The topological polar surface area (TPSA) is 91.2 Å². The van der Waals surface area contributed by atoms with Crippen molar-refractivity contribution in [2.45, 2.75) is 13.8 Å². The fraction of sp³-hybridized carbons (Fsp3) is 0.125. The smallest absolute Gasteiger partial charge is 0.239 e. The first kappa shape index (κ1) is 20.6. The first-order valence-corrected chi connectivity index (χ1v) is 9.34. The van der Waals surface area contributed by atoms with Crippen LogP contribution in [0.4, 0.5) is 11.4 Å². The first-order valence-electron chi connectivity index (χ1n) is 9.34. The summed E-state index contributed by atoms with van der Waals surface area (Å²) in [5.74, 6) is 0.424. The van der Waals surface area contributed by atoms with Crippen LogP contribution in [-0.4, -0.2) is 11.8 Å². The zero-order chi connectivity index (χ0) is 21.6. The molecule has 0 aliphatic carbocycles. The quantitative estimate of drug-likeness (QED) is 0.574. The summed E-state index contributed by atoms with van der Waals surface area (Å²) in [6.07, 6.45) is 0. The maximum Gasteiger partial charge on any atom is 0.239 e. The fourth-order valence-corrected chi connectivity index (χ4v) is 2.58. The minimum absolute atomic E-state index is 0.424. The Hall–Kier alpha value is -4.11. The highest BCUT2D eigenvalue weighted by molar-refractivity contribution is 6.14. The van der Waals surface area contributed by atoms with E-state index in [4.69, 9.17) is 10.00 Å². The number of carbonyl (C=O) groups is 2. The predicted octanol–water partition coefficient (Wildman–Crippen LogP) is 4.95. The average molecular weight is 399 g/mol. The Morgan fingerprint density at radius 1 is 0.800 bits per heavy atom. The second-order valence-electron chi connectivity index (χ2n) is 7.17. The van der Waals surface area contributed by atoms with E-state index in [0.717, 1.165) is 0 Å². The van der Waals surface area contributed by atoms with Crippen LogP contribution < -0.4 is 15.4 Å². The molecule has 0 bridgehead atoms. The third-order valence-corrected chi connectivity index (χ3v) is 4.48. The molecular weight excluding hydrogens is 378 g/mol. The van der Waals surface area contributed by atoms with E-state index in [-0.39, 0.29) is 0 Å². The van der Waals surface area contributed by atoms with Crippen LogP contribution in [0.3, 0.4) is 0 Å². The third-order valence-electron chi connectivity index (χ3n) is 4.48. The highest BCUT2D eigenvalue weighted by Gasteiger charge is 2.36. The number of hydrogen-bond donors (Lipinski definition) is 2. The number of para-hydroxylation sites is 1. The molecule has 0 radical (unpaired) electrons. The van der Waals surface area contributed by atoms with E-state index in [2.05, 4.69) is 10.6 Å². The molecule has 2 amide bonds. The Morgan fingerprint density at radius 3 is 2.03 bits per heavy atom. The molecule has 30 heavy (non-hydrogen) atoms. The summed E-state index contributed by atoms with van der Waals surface area (Å²) in [7, 11) is 0. The maximum atomic E-state index is 12.7. The van der Waals surface area contributed by atoms with E-state index in [9.17, 15) is 9.59 Å². The van der Waals surface area contributed by atoms with Gasteiger partial charge in [-0.2, -0.15) is 5.26 Å². The molecule has 3 rings (SSSR count). The molecule has 0 saturated heterocycles. The number of nitrogens with one attached hydrogen (secondary N) is 2. The van der Waals surface area contributed by atoms with Gasteiger partial charge in [0.05, 0.1) is 11.6 Å².